The van der Waals surface area contributed by atoms with Gasteiger partial charge < -0.3 is 10.1 Å². The van der Waals surface area contributed by atoms with E-state index in [0.717, 1.165) is 25.2 Å². The number of nitrogens with one attached hydrogen (secondary N) is 1. The molecule has 1 aliphatic heterocycles. The molecule has 1 N–H and O–H groups in total. The monoisotopic (exact) mass is 259 g/mol. The van der Waals surface area contributed by atoms with Crippen molar-refractivity contribution < 1.29 is 9.13 Å². The van der Waals surface area contributed by atoms with Crippen molar-refractivity contribution in [2.75, 3.05) is 6.54 Å². The summed E-state index contributed by atoms with van der Waals surface area (Å²) in [7, 11) is 0. The van der Waals surface area contributed by atoms with Crippen LogP contribution in [0.1, 0.15) is 24.7 Å². The van der Waals surface area contributed by atoms with Crippen LogP contribution in [-0.2, 0) is 0 Å². The van der Waals surface area contributed by atoms with Crippen LogP contribution in [0.4, 0.5) is 4.39 Å². The molecule has 1 aromatic carbocycles. The molecule has 0 spiro atoms. The van der Waals surface area contributed by atoms with Gasteiger partial charge in [0.1, 0.15) is 5.82 Å². The van der Waals surface area contributed by atoms with Crippen LogP contribution in [0.2, 0.25) is 0 Å². The third kappa shape index (κ3) is 2.71. The summed E-state index contributed by atoms with van der Waals surface area (Å²) in [5.41, 5.74) is 0. The largest absolute Gasteiger partial charge is 0.451 e. The summed E-state index contributed by atoms with van der Waals surface area (Å²) in [6.45, 7) is 1.00. The van der Waals surface area contributed by atoms with Gasteiger partial charge in [0.2, 0.25) is 0 Å². The Bertz CT molecular complexity index is 553. The fourth-order valence-electron chi connectivity index (χ4n) is 2.12. The predicted molar refractivity (Wildman–Crippen MR) is 68.5 cm³/mol. The number of halogens is 1. The van der Waals surface area contributed by atoms with Crippen molar-refractivity contribution in [1.29, 1.82) is 0 Å². The van der Waals surface area contributed by atoms with Gasteiger partial charge in [0.15, 0.2) is 17.3 Å². The maximum absolute atomic E-state index is 13.4. The Morgan fingerprint density at radius 1 is 1.21 bits per heavy atom. The molecule has 2 heterocycles. The van der Waals surface area contributed by atoms with Crippen molar-refractivity contribution in [3.8, 4) is 11.5 Å². The van der Waals surface area contributed by atoms with Crippen molar-refractivity contribution in [1.82, 2.24) is 15.3 Å². The summed E-state index contributed by atoms with van der Waals surface area (Å²) in [6.07, 6.45) is 5.35. The maximum atomic E-state index is 13.4. The Morgan fingerprint density at radius 2 is 2.00 bits per heavy atom. The average molecular weight is 259 g/mol. The van der Waals surface area contributed by atoms with Crippen molar-refractivity contribution >= 4 is 0 Å². The van der Waals surface area contributed by atoms with Gasteiger partial charge in [0, 0.05) is 0 Å². The van der Waals surface area contributed by atoms with Crippen LogP contribution in [0.3, 0.4) is 0 Å². The van der Waals surface area contributed by atoms with E-state index in [-0.39, 0.29) is 11.8 Å². The quantitative estimate of drug-likeness (QED) is 0.920. The minimum atomic E-state index is -0.399. The summed E-state index contributed by atoms with van der Waals surface area (Å²) in [5, 5.41) is 3.33. The first-order chi connectivity index (χ1) is 9.33. The molecule has 0 saturated carbocycles. The Hall–Kier alpha value is -2.01. The van der Waals surface area contributed by atoms with E-state index in [2.05, 4.69) is 15.3 Å². The Kier molecular flexibility index (Phi) is 3.37. The van der Waals surface area contributed by atoms with E-state index in [0.29, 0.717) is 5.75 Å². The number of benzene rings is 1. The van der Waals surface area contributed by atoms with Gasteiger partial charge in [-0.3, -0.25) is 0 Å². The SMILES string of the molecule is Fc1ccccc1Oc1cnc(C2CCCN2)nc1. The van der Waals surface area contributed by atoms with E-state index >= 15 is 0 Å². The third-order valence-electron chi connectivity index (χ3n) is 3.08. The average Bonchev–Trinajstić information content (AvgIpc) is 2.96. The lowest BCUT2D eigenvalue weighted by Crippen LogP contribution is -2.15. The number of para-hydroxylation sites is 1. The molecule has 1 aromatic heterocycles. The van der Waals surface area contributed by atoms with E-state index in [1.807, 2.05) is 0 Å². The van der Waals surface area contributed by atoms with Crippen LogP contribution < -0.4 is 10.1 Å². The fraction of sp³-hybridized carbons (Fsp3) is 0.286. The van der Waals surface area contributed by atoms with E-state index in [4.69, 9.17) is 4.74 Å². The molecule has 0 amide bonds. The van der Waals surface area contributed by atoms with Gasteiger partial charge in [-0.1, -0.05) is 12.1 Å². The summed E-state index contributed by atoms with van der Waals surface area (Å²) in [4.78, 5) is 8.53. The van der Waals surface area contributed by atoms with Crippen molar-refractivity contribution in [2.24, 2.45) is 0 Å². The maximum Gasteiger partial charge on any atom is 0.165 e. The highest BCUT2D eigenvalue weighted by atomic mass is 19.1. The second-order valence-corrected chi connectivity index (χ2v) is 4.46. The van der Waals surface area contributed by atoms with Crippen molar-refractivity contribution in [3.63, 3.8) is 0 Å². The smallest absolute Gasteiger partial charge is 0.165 e. The van der Waals surface area contributed by atoms with E-state index < -0.39 is 5.82 Å². The van der Waals surface area contributed by atoms with E-state index in [1.54, 1.807) is 30.6 Å². The van der Waals surface area contributed by atoms with Crippen LogP contribution in [0.5, 0.6) is 11.5 Å². The molecule has 0 radical (unpaired) electrons. The van der Waals surface area contributed by atoms with Gasteiger partial charge in [0.05, 0.1) is 18.4 Å². The molecule has 0 aliphatic carbocycles. The molecule has 1 fully saturated rings. The highest BCUT2D eigenvalue weighted by Crippen LogP contribution is 2.24. The number of ether oxygens (including phenoxy) is 1. The zero-order valence-corrected chi connectivity index (χ0v) is 10.3. The van der Waals surface area contributed by atoms with Gasteiger partial charge in [-0.2, -0.15) is 0 Å². The molecule has 2 aromatic rings. The van der Waals surface area contributed by atoms with E-state index in [9.17, 15) is 4.39 Å². The second-order valence-electron chi connectivity index (χ2n) is 4.46. The summed E-state index contributed by atoms with van der Waals surface area (Å²) in [6, 6.07) is 6.49. The van der Waals surface area contributed by atoms with Gasteiger partial charge in [-0.15, -0.1) is 0 Å². The molecule has 4 nitrogen and oxygen atoms in total. The van der Waals surface area contributed by atoms with Crippen LogP contribution in [0.15, 0.2) is 36.7 Å². The Morgan fingerprint density at radius 3 is 2.68 bits per heavy atom. The first kappa shape index (κ1) is 12.0. The summed E-state index contributed by atoms with van der Waals surface area (Å²) in [5.74, 6) is 0.979. The van der Waals surface area contributed by atoms with Crippen LogP contribution in [0, 0.1) is 5.82 Å². The Labute approximate surface area is 110 Å². The lowest BCUT2D eigenvalue weighted by atomic mass is 10.2. The molecule has 98 valence electrons. The standard InChI is InChI=1S/C14H14FN3O/c15-11-4-1-2-6-13(11)19-10-8-17-14(18-9-10)12-5-3-7-16-12/h1-2,4,6,8-9,12,16H,3,5,7H2. The first-order valence-corrected chi connectivity index (χ1v) is 6.30. The van der Waals surface area contributed by atoms with Gasteiger partial charge in [-0.25, -0.2) is 14.4 Å². The number of hydrogen-bond acceptors (Lipinski definition) is 4. The molecule has 1 unspecified atom stereocenters. The minimum absolute atomic E-state index is 0.179. The molecule has 19 heavy (non-hydrogen) atoms. The number of hydrogen-bond donors (Lipinski definition) is 1. The first-order valence-electron chi connectivity index (χ1n) is 6.30. The lowest BCUT2D eigenvalue weighted by molar-refractivity contribution is 0.436. The number of nitrogens with zero attached hydrogens (tertiary/aromatic N) is 2. The van der Waals surface area contributed by atoms with Gasteiger partial charge in [-0.05, 0) is 31.5 Å². The summed E-state index contributed by atoms with van der Waals surface area (Å²) < 4.78 is 18.8. The fourth-order valence-corrected chi connectivity index (χ4v) is 2.12. The molecular weight excluding hydrogens is 245 g/mol. The molecule has 0 bridgehead atoms. The lowest BCUT2D eigenvalue weighted by Gasteiger charge is -2.09. The van der Waals surface area contributed by atoms with E-state index in [1.165, 1.54) is 6.07 Å². The number of rotatable bonds is 3. The molecule has 3 rings (SSSR count). The minimum Gasteiger partial charge on any atom is -0.451 e. The molecule has 1 saturated heterocycles. The molecule has 5 heteroatoms. The highest BCUT2D eigenvalue weighted by molar-refractivity contribution is 5.29. The highest BCUT2D eigenvalue weighted by Gasteiger charge is 2.18. The van der Waals surface area contributed by atoms with Crippen LogP contribution in [0.25, 0.3) is 0 Å². The second kappa shape index (κ2) is 5.32. The topological polar surface area (TPSA) is 47.0 Å². The summed E-state index contributed by atoms with van der Waals surface area (Å²) >= 11 is 0. The molecular formula is C14H14FN3O. The Balaban J connectivity index is 1.74. The third-order valence-corrected chi connectivity index (χ3v) is 3.08. The zero-order chi connectivity index (χ0) is 13.1. The van der Waals surface area contributed by atoms with Crippen LogP contribution >= 0.6 is 0 Å². The van der Waals surface area contributed by atoms with Gasteiger partial charge in [0.25, 0.3) is 0 Å². The predicted octanol–water partition coefficient (Wildman–Crippen LogP) is 2.83. The molecule has 1 atom stereocenters. The number of aromatic nitrogens is 2. The molecule has 1 aliphatic rings. The van der Waals surface area contributed by atoms with Crippen molar-refractivity contribution in [3.05, 3.63) is 48.3 Å². The van der Waals surface area contributed by atoms with Crippen LogP contribution in [-0.4, -0.2) is 16.5 Å². The zero-order valence-electron chi connectivity index (χ0n) is 10.3. The normalized spacial score (nSPS) is 18.5. The van der Waals surface area contributed by atoms with Crippen molar-refractivity contribution in [2.45, 2.75) is 18.9 Å². The van der Waals surface area contributed by atoms with Gasteiger partial charge >= 0.3 is 0 Å².